The minimum Gasteiger partial charge on any atom is -0.326 e. The lowest BCUT2D eigenvalue weighted by molar-refractivity contribution is -0.384. The molecule has 0 atom stereocenters. The average molecular weight is 354 g/mol. The predicted octanol–water partition coefficient (Wildman–Crippen LogP) is 2.77. The van der Waals surface area contributed by atoms with Gasteiger partial charge in [0.1, 0.15) is 0 Å². The fraction of sp³-hybridized carbons (Fsp3) is 0.167. The first-order valence-electron chi connectivity index (χ1n) is 7.87. The van der Waals surface area contributed by atoms with Gasteiger partial charge >= 0.3 is 0 Å². The number of carbonyl (C=O) groups excluding carboxylic acids is 2. The van der Waals surface area contributed by atoms with Crippen LogP contribution in [0, 0.1) is 17.0 Å². The van der Waals surface area contributed by atoms with Crippen molar-refractivity contribution in [3.8, 4) is 0 Å². The summed E-state index contributed by atoms with van der Waals surface area (Å²) >= 11 is 0. The minimum absolute atomic E-state index is 0.00467. The van der Waals surface area contributed by atoms with Crippen molar-refractivity contribution >= 4 is 29.4 Å². The molecule has 2 amide bonds. The molecular weight excluding hydrogens is 336 g/mol. The highest BCUT2D eigenvalue weighted by Crippen LogP contribution is 2.11. The largest absolute Gasteiger partial charge is 0.326 e. The van der Waals surface area contributed by atoms with Crippen LogP contribution in [0.5, 0.6) is 0 Å². The Labute approximate surface area is 150 Å². The molecule has 8 heteroatoms. The van der Waals surface area contributed by atoms with Crippen LogP contribution in [0.2, 0.25) is 0 Å². The Balaban J connectivity index is 1.73. The second-order valence-electron chi connectivity index (χ2n) is 5.56. The molecule has 8 nitrogen and oxygen atoms in total. The molecule has 26 heavy (non-hydrogen) atoms. The number of hydrogen-bond acceptors (Lipinski definition) is 5. The molecule has 2 aromatic carbocycles. The lowest BCUT2D eigenvalue weighted by Crippen LogP contribution is -2.20. The Morgan fingerprint density at radius 2 is 1.65 bits per heavy atom. The number of anilines is 1. The van der Waals surface area contributed by atoms with Crippen molar-refractivity contribution in [2.45, 2.75) is 19.8 Å². The zero-order valence-corrected chi connectivity index (χ0v) is 14.1. The van der Waals surface area contributed by atoms with Gasteiger partial charge in [0.25, 0.3) is 5.69 Å². The van der Waals surface area contributed by atoms with Crippen molar-refractivity contribution in [2.75, 3.05) is 5.32 Å². The zero-order chi connectivity index (χ0) is 18.9. The third-order valence-corrected chi connectivity index (χ3v) is 3.42. The summed E-state index contributed by atoms with van der Waals surface area (Å²) in [6.45, 7) is 1.95. The van der Waals surface area contributed by atoms with E-state index in [9.17, 15) is 19.7 Å². The number of nitrogens with one attached hydrogen (secondary N) is 2. The van der Waals surface area contributed by atoms with E-state index in [4.69, 9.17) is 0 Å². The van der Waals surface area contributed by atoms with Gasteiger partial charge in [0, 0.05) is 30.7 Å². The summed E-state index contributed by atoms with van der Waals surface area (Å²) in [5.74, 6) is -0.662. The van der Waals surface area contributed by atoms with E-state index >= 15 is 0 Å². The van der Waals surface area contributed by atoms with Gasteiger partial charge in [0.15, 0.2) is 0 Å². The summed E-state index contributed by atoms with van der Waals surface area (Å²) < 4.78 is 0. The number of benzene rings is 2. The Morgan fingerprint density at radius 3 is 2.27 bits per heavy atom. The van der Waals surface area contributed by atoms with Crippen LogP contribution in [-0.4, -0.2) is 23.0 Å². The predicted molar refractivity (Wildman–Crippen MR) is 97.9 cm³/mol. The fourth-order valence-electron chi connectivity index (χ4n) is 2.00. The van der Waals surface area contributed by atoms with Crippen molar-refractivity contribution < 1.29 is 14.5 Å². The Kier molecular flexibility index (Phi) is 6.55. The molecule has 0 bridgehead atoms. The normalized spacial score (nSPS) is 10.5. The van der Waals surface area contributed by atoms with Crippen molar-refractivity contribution in [3.63, 3.8) is 0 Å². The molecule has 0 aliphatic heterocycles. The van der Waals surface area contributed by atoms with Crippen LogP contribution in [0.3, 0.4) is 0 Å². The first kappa shape index (κ1) is 18.8. The Morgan fingerprint density at radius 1 is 1.04 bits per heavy atom. The summed E-state index contributed by atoms with van der Waals surface area (Å²) in [5, 5.41) is 17.0. The van der Waals surface area contributed by atoms with E-state index in [1.807, 2.05) is 19.1 Å². The molecule has 0 heterocycles. The maximum atomic E-state index is 11.8. The number of nitro benzene ring substituents is 1. The molecule has 0 aromatic heterocycles. The number of nitrogens with zero attached hydrogens (tertiary/aromatic N) is 2. The quantitative estimate of drug-likeness (QED) is 0.452. The van der Waals surface area contributed by atoms with Crippen LogP contribution in [0.4, 0.5) is 11.4 Å². The first-order chi connectivity index (χ1) is 12.4. The molecule has 0 radical (unpaired) electrons. The third kappa shape index (κ3) is 6.16. The van der Waals surface area contributed by atoms with Gasteiger partial charge in [-0.15, -0.1) is 0 Å². The molecular formula is C18H18N4O4. The number of aryl methyl sites for hydroxylation is 1. The molecule has 0 fully saturated rings. The van der Waals surface area contributed by atoms with Crippen LogP contribution in [0.15, 0.2) is 53.6 Å². The number of hydrogen-bond donors (Lipinski definition) is 2. The number of rotatable bonds is 7. The van der Waals surface area contributed by atoms with E-state index in [1.165, 1.54) is 30.5 Å². The SMILES string of the molecule is Cc1ccc(NC(=O)CCC(=O)N/N=C\c2ccc([N+](=O)[O-])cc2)cc1. The summed E-state index contributed by atoms with van der Waals surface area (Å²) in [6, 6.07) is 13.1. The topological polar surface area (TPSA) is 114 Å². The molecule has 2 aromatic rings. The van der Waals surface area contributed by atoms with Gasteiger partial charge in [-0.1, -0.05) is 17.7 Å². The molecule has 134 valence electrons. The van der Waals surface area contributed by atoms with E-state index in [1.54, 1.807) is 12.1 Å². The van der Waals surface area contributed by atoms with Crippen LogP contribution in [0.1, 0.15) is 24.0 Å². The highest BCUT2D eigenvalue weighted by molar-refractivity contribution is 5.93. The third-order valence-electron chi connectivity index (χ3n) is 3.42. The van der Waals surface area contributed by atoms with Gasteiger partial charge in [-0.25, -0.2) is 5.43 Å². The second-order valence-corrected chi connectivity index (χ2v) is 5.56. The number of amides is 2. The highest BCUT2D eigenvalue weighted by atomic mass is 16.6. The lowest BCUT2D eigenvalue weighted by Gasteiger charge is -2.05. The van der Waals surface area contributed by atoms with E-state index < -0.39 is 10.8 Å². The van der Waals surface area contributed by atoms with Crippen LogP contribution in [0.25, 0.3) is 0 Å². The van der Waals surface area contributed by atoms with Crippen LogP contribution >= 0.6 is 0 Å². The molecule has 0 aliphatic carbocycles. The Hall–Kier alpha value is -3.55. The number of carbonyl (C=O) groups is 2. The van der Waals surface area contributed by atoms with Crippen LogP contribution < -0.4 is 10.7 Å². The monoisotopic (exact) mass is 354 g/mol. The molecule has 2 rings (SSSR count). The lowest BCUT2D eigenvalue weighted by atomic mass is 10.2. The summed E-state index contributed by atoms with van der Waals surface area (Å²) in [7, 11) is 0. The number of nitro groups is 1. The maximum absolute atomic E-state index is 11.8. The molecule has 2 N–H and O–H groups in total. The van der Waals surface area contributed by atoms with E-state index in [0.29, 0.717) is 11.3 Å². The second kappa shape index (κ2) is 9.07. The van der Waals surface area contributed by atoms with Crippen molar-refractivity contribution in [1.82, 2.24) is 5.43 Å². The Bertz CT molecular complexity index is 814. The van der Waals surface area contributed by atoms with Gasteiger partial charge in [0.2, 0.25) is 11.8 Å². The van der Waals surface area contributed by atoms with Crippen molar-refractivity contribution in [2.24, 2.45) is 5.10 Å². The summed E-state index contributed by atoms with van der Waals surface area (Å²) in [6.07, 6.45) is 1.40. The zero-order valence-electron chi connectivity index (χ0n) is 14.1. The fourth-order valence-corrected chi connectivity index (χ4v) is 2.00. The van der Waals surface area contributed by atoms with E-state index in [2.05, 4.69) is 15.8 Å². The number of non-ortho nitro benzene ring substituents is 1. The maximum Gasteiger partial charge on any atom is 0.269 e. The van der Waals surface area contributed by atoms with Gasteiger partial charge in [-0.05, 0) is 36.8 Å². The average Bonchev–Trinajstić information content (AvgIpc) is 2.62. The minimum atomic E-state index is -0.496. The van der Waals surface area contributed by atoms with Crippen LogP contribution in [-0.2, 0) is 9.59 Å². The van der Waals surface area contributed by atoms with Gasteiger partial charge in [-0.3, -0.25) is 19.7 Å². The summed E-state index contributed by atoms with van der Waals surface area (Å²) in [5.41, 5.74) is 4.66. The van der Waals surface area contributed by atoms with Crippen molar-refractivity contribution in [3.05, 3.63) is 69.8 Å². The smallest absolute Gasteiger partial charge is 0.269 e. The molecule has 0 saturated heterocycles. The van der Waals surface area contributed by atoms with Gasteiger partial charge in [-0.2, -0.15) is 5.10 Å². The first-order valence-corrected chi connectivity index (χ1v) is 7.87. The van der Waals surface area contributed by atoms with E-state index in [-0.39, 0.29) is 24.4 Å². The highest BCUT2D eigenvalue weighted by Gasteiger charge is 2.07. The van der Waals surface area contributed by atoms with Gasteiger partial charge in [0.05, 0.1) is 11.1 Å². The van der Waals surface area contributed by atoms with E-state index in [0.717, 1.165) is 5.56 Å². The number of hydrazone groups is 1. The standard InChI is InChI=1S/C18H18N4O4/c1-13-2-6-15(7-3-13)20-17(23)10-11-18(24)21-19-12-14-4-8-16(9-5-14)22(25)26/h2-9,12H,10-11H2,1H3,(H,20,23)(H,21,24)/b19-12-. The van der Waals surface area contributed by atoms with Gasteiger partial charge < -0.3 is 5.32 Å². The molecule has 0 spiro atoms. The van der Waals surface area contributed by atoms with Crippen molar-refractivity contribution in [1.29, 1.82) is 0 Å². The molecule has 0 aliphatic rings. The summed E-state index contributed by atoms with van der Waals surface area (Å²) in [4.78, 5) is 33.5. The molecule has 0 saturated carbocycles. The molecule has 0 unspecified atom stereocenters.